The summed E-state index contributed by atoms with van der Waals surface area (Å²) in [5.41, 5.74) is 3.05. The van der Waals surface area contributed by atoms with Crippen LogP contribution in [0.2, 0.25) is 0 Å². The second kappa shape index (κ2) is 10.3. The Balaban J connectivity index is 1.44. The first-order chi connectivity index (χ1) is 15.2. The minimum atomic E-state index is 0.435. The third-order valence-corrected chi connectivity index (χ3v) is 6.16. The summed E-state index contributed by atoms with van der Waals surface area (Å²) < 4.78 is 0. The summed E-state index contributed by atoms with van der Waals surface area (Å²) in [5.74, 6) is 1.33. The number of benzene rings is 1. The number of anilines is 4. The second-order valence-corrected chi connectivity index (χ2v) is 8.18. The summed E-state index contributed by atoms with van der Waals surface area (Å²) in [6, 6.07) is 11.0. The molecule has 2 heterocycles. The van der Waals surface area contributed by atoms with Crippen molar-refractivity contribution >= 4 is 29.2 Å². The van der Waals surface area contributed by atoms with Crippen molar-refractivity contribution < 1.29 is 0 Å². The van der Waals surface area contributed by atoms with Crippen LogP contribution in [0.25, 0.3) is 6.08 Å². The monoisotopic (exact) mass is 417 g/mol. The van der Waals surface area contributed by atoms with Crippen LogP contribution in [0.1, 0.15) is 38.2 Å². The molecular weight excluding hydrogens is 386 g/mol. The number of piperazine rings is 1. The number of nitriles is 1. The zero-order valence-corrected chi connectivity index (χ0v) is 18.2. The zero-order valence-electron chi connectivity index (χ0n) is 18.2. The molecule has 2 aromatic rings. The van der Waals surface area contributed by atoms with Gasteiger partial charge in [-0.15, -0.1) is 0 Å². The normalized spacial score (nSPS) is 17.7. The molecule has 0 amide bonds. The van der Waals surface area contributed by atoms with Gasteiger partial charge in [-0.05, 0) is 49.7 Å². The van der Waals surface area contributed by atoms with Crippen molar-refractivity contribution in [3.05, 3.63) is 42.1 Å². The molecule has 7 nitrogen and oxygen atoms in total. The predicted octanol–water partition coefficient (Wildman–Crippen LogP) is 4.25. The number of allylic oxidation sites excluding steroid dienone is 1. The van der Waals surface area contributed by atoms with E-state index in [1.165, 1.54) is 24.6 Å². The van der Waals surface area contributed by atoms with Gasteiger partial charge in [0.15, 0.2) is 0 Å². The maximum absolute atomic E-state index is 8.88. The molecule has 2 fully saturated rings. The molecule has 31 heavy (non-hydrogen) atoms. The summed E-state index contributed by atoms with van der Waals surface area (Å²) in [5, 5.41) is 15.7. The average Bonchev–Trinajstić information content (AvgIpc) is 3.32. The highest BCUT2D eigenvalue weighted by molar-refractivity contribution is 5.67. The zero-order chi connectivity index (χ0) is 21.5. The van der Waals surface area contributed by atoms with Crippen LogP contribution >= 0.6 is 0 Å². The van der Waals surface area contributed by atoms with Gasteiger partial charge in [-0.1, -0.05) is 19.8 Å². The molecule has 0 unspecified atom stereocenters. The Morgan fingerprint density at radius 1 is 1.13 bits per heavy atom. The van der Waals surface area contributed by atoms with Crippen molar-refractivity contribution in [1.82, 2.24) is 14.9 Å². The van der Waals surface area contributed by atoms with Gasteiger partial charge in [0, 0.05) is 61.4 Å². The summed E-state index contributed by atoms with van der Waals surface area (Å²) in [6.07, 6.45) is 9.79. The van der Waals surface area contributed by atoms with E-state index >= 15 is 0 Å². The fourth-order valence-electron chi connectivity index (χ4n) is 4.29. The third-order valence-electron chi connectivity index (χ3n) is 6.16. The highest BCUT2D eigenvalue weighted by atomic mass is 15.3. The lowest BCUT2D eigenvalue weighted by atomic mass is 10.2. The molecule has 1 saturated carbocycles. The Morgan fingerprint density at radius 3 is 2.55 bits per heavy atom. The van der Waals surface area contributed by atoms with Crippen LogP contribution in [0.15, 0.2) is 36.5 Å². The predicted molar refractivity (Wildman–Crippen MR) is 127 cm³/mol. The molecule has 0 spiro atoms. The number of hydrogen-bond acceptors (Lipinski definition) is 7. The van der Waals surface area contributed by atoms with Crippen LogP contribution in [-0.4, -0.2) is 53.6 Å². The van der Waals surface area contributed by atoms with Crippen molar-refractivity contribution in [3.63, 3.8) is 0 Å². The molecule has 0 bridgehead atoms. The Hall–Kier alpha value is -3.11. The molecule has 2 N–H and O–H groups in total. The van der Waals surface area contributed by atoms with Crippen LogP contribution in [0.3, 0.4) is 0 Å². The van der Waals surface area contributed by atoms with Crippen LogP contribution in [-0.2, 0) is 0 Å². The maximum atomic E-state index is 8.88. The summed E-state index contributed by atoms with van der Waals surface area (Å²) in [7, 11) is 0. The standard InChI is InChI=1S/C24H31N7/c1-2-30-14-16-31(17-15-30)22-11-9-21(10-12-22)28-24-26-18-19(6-5-13-25)23(29-24)27-20-7-3-4-8-20/h5-6,9-12,18,20H,2-4,7-8,14-17H2,1H3,(H2,26,27,28,29). The molecular formula is C24H31N7. The van der Waals surface area contributed by atoms with Crippen molar-refractivity contribution in [2.45, 2.75) is 38.6 Å². The minimum absolute atomic E-state index is 0.435. The van der Waals surface area contributed by atoms with E-state index in [1.807, 2.05) is 6.07 Å². The van der Waals surface area contributed by atoms with E-state index in [0.29, 0.717) is 12.0 Å². The van der Waals surface area contributed by atoms with Crippen molar-refractivity contribution in [3.8, 4) is 6.07 Å². The highest BCUT2D eigenvalue weighted by Gasteiger charge is 2.18. The number of likely N-dealkylation sites (N-methyl/N-ethyl adjacent to an activating group) is 1. The lowest BCUT2D eigenvalue weighted by molar-refractivity contribution is 0.271. The first-order valence-electron chi connectivity index (χ1n) is 11.3. The van der Waals surface area contributed by atoms with Gasteiger partial charge in [0.2, 0.25) is 5.95 Å². The van der Waals surface area contributed by atoms with E-state index in [1.54, 1.807) is 12.3 Å². The average molecular weight is 418 g/mol. The van der Waals surface area contributed by atoms with Gasteiger partial charge in [0.05, 0.1) is 6.07 Å². The summed E-state index contributed by atoms with van der Waals surface area (Å²) in [6.45, 7) is 7.72. The lowest BCUT2D eigenvalue weighted by Gasteiger charge is -2.35. The molecule has 1 saturated heterocycles. The molecule has 0 atom stereocenters. The molecule has 1 aliphatic carbocycles. The Bertz CT molecular complexity index is 918. The quantitative estimate of drug-likeness (QED) is 0.652. The van der Waals surface area contributed by atoms with Crippen molar-refractivity contribution in [2.75, 3.05) is 48.3 Å². The molecule has 7 heteroatoms. The van der Waals surface area contributed by atoms with Gasteiger partial charge in [-0.3, -0.25) is 0 Å². The van der Waals surface area contributed by atoms with Crippen LogP contribution in [0, 0.1) is 11.3 Å². The van der Waals surface area contributed by atoms with E-state index in [2.05, 4.69) is 56.6 Å². The van der Waals surface area contributed by atoms with E-state index in [0.717, 1.165) is 62.6 Å². The number of rotatable bonds is 7. The number of nitrogens with one attached hydrogen (secondary N) is 2. The Kier molecular flexibility index (Phi) is 7.00. The van der Waals surface area contributed by atoms with Gasteiger partial charge in [-0.2, -0.15) is 10.2 Å². The van der Waals surface area contributed by atoms with E-state index in [4.69, 9.17) is 10.2 Å². The SMILES string of the molecule is CCN1CCN(c2ccc(Nc3ncc(C=CC#N)c(NC4CCCC4)n3)cc2)CC1. The van der Waals surface area contributed by atoms with Crippen LogP contribution in [0.4, 0.5) is 23.1 Å². The molecule has 1 aliphatic heterocycles. The van der Waals surface area contributed by atoms with Gasteiger partial charge in [0.1, 0.15) is 5.82 Å². The number of aromatic nitrogens is 2. The van der Waals surface area contributed by atoms with Crippen molar-refractivity contribution in [2.24, 2.45) is 0 Å². The molecule has 162 valence electrons. The third kappa shape index (κ3) is 5.53. The summed E-state index contributed by atoms with van der Waals surface area (Å²) >= 11 is 0. The molecule has 1 aromatic heterocycles. The van der Waals surface area contributed by atoms with E-state index in [9.17, 15) is 0 Å². The smallest absolute Gasteiger partial charge is 0.229 e. The second-order valence-electron chi connectivity index (χ2n) is 8.18. The Morgan fingerprint density at radius 2 is 1.87 bits per heavy atom. The van der Waals surface area contributed by atoms with Crippen LogP contribution in [0.5, 0.6) is 0 Å². The van der Waals surface area contributed by atoms with E-state index < -0.39 is 0 Å². The van der Waals surface area contributed by atoms with Crippen LogP contribution < -0.4 is 15.5 Å². The van der Waals surface area contributed by atoms with Gasteiger partial charge >= 0.3 is 0 Å². The fraction of sp³-hybridized carbons (Fsp3) is 0.458. The fourth-order valence-corrected chi connectivity index (χ4v) is 4.29. The van der Waals surface area contributed by atoms with Gasteiger partial charge in [-0.25, -0.2) is 4.98 Å². The Labute approximate surface area is 184 Å². The first-order valence-corrected chi connectivity index (χ1v) is 11.3. The lowest BCUT2D eigenvalue weighted by Crippen LogP contribution is -2.46. The highest BCUT2D eigenvalue weighted by Crippen LogP contribution is 2.26. The van der Waals surface area contributed by atoms with E-state index in [-0.39, 0.29) is 0 Å². The number of hydrogen-bond donors (Lipinski definition) is 2. The molecule has 4 rings (SSSR count). The van der Waals surface area contributed by atoms with Gasteiger partial charge in [0.25, 0.3) is 0 Å². The number of nitrogens with zero attached hydrogens (tertiary/aromatic N) is 5. The largest absolute Gasteiger partial charge is 0.369 e. The topological polar surface area (TPSA) is 80.1 Å². The summed E-state index contributed by atoms with van der Waals surface area (Å²) in [4.78, 5) is 14.1. The molecule has 0 radical (unpaired) electrons. The first kappa shape index (κ1) is 21.1. The van der Waals surface area contributed by atoms with Crippen molar-refractivity contribution in [1.29, 1.82) is 5.26 Å². The van der Waals surface area contributed by atoms with Gasteiger partial charge < -0.3 is 20.4 Å². The minimum Gasteiger partial charge on any atom is -0.369 e. The molecule has 1 aromatic carbocycles. The molecule has 2 aliphatic rings. The maximum Gasteiger partial charge on any atom is 0.229 e.